The fourth-order valence-corrected chi connectivity index (χ4v) is 3.52. The Morgan fingerprint density at radius 2 is 1.58 bits per heavy atom. The molecule has 26 heavy (non-hydrogen) atoms. The summed E-state index contributed by atoms with van der Waals surface area (Å²) in [7, 11) is 0.777. The Morgan fingerprint density at radius 1 is 0.923 bits per heavy atom. The van der Waals surface area contributed by atoms with E-state index in [0.29, 0.717) is 22.8 Å². The third-order valence-electron chi connectivity index (χ3n) is 3.72. The minimum atomic E-state index is -3.59. The van der Waals surface area contributed by atoms with E-state index in [4.69, 9.17) is 14.2 Å². The van der Waals surface area contributed by atoms with Crippen LogP contribution in [0.2, 0.25) is 0 Å². The Hall–Kier alpha value is -2.74. The molecule has 0 bridgehead atoms. The van der Waals surface area contributed by atoms with Crippen LogP contribution in [-0.4, -0.2) is 48.0 Å². The van der Waals surface area contributed by atoms with Gasteiger partial charge in [0, 0.05) is 12.6 Å². The standard InChI is InChI=1S/C18H21NO6S/c1-23-15-7-5-4-6-14(15)18(20)19-10-11-26(21,22)13-8-9-16(24-2)17(12-13)25-3/h4-9,12H,10-11H2,1-3H3,(H,19,20). The predicted octanol–water partition coefficient (Wildman–Crippen LogP) is 1.92. The van der Waals surface area contributed by atoms with E-state index in [1.54, 1.807) is 24.3 Å². The van der Waals surface area contributed by atoms with E-state index in [-0.39, 0.29) is 17.2 Å². The Balaban J connectivity index is 2.05. The number of para-hydroxylation sites is 1. The van der Waals surface area contributed by atoms with Gasteiger partial charge in [0.1, 0.15) is 5.75 Å². The molecule has 0 aliphatic carbocycles. The fourth-order valence-electron chi connectivity index (χ4n) is 2.35. The van der Waals surface area contributed by atoms with E-state index in [1.807, 2.05) is 0 Å². The molecule has 0 saturated heterocycles. The van der Waals surface area contributed by atoms with Crippen molar-refractivity contribution in [3.05, 3.63) is 48.0 Å². The van der Waals surface area contributed by atoms with Gasteiger partial charge in [-0.1, -0.05) is 12.1 Å². The first-order chi connectivity index (χ1) is 12.4. The number of benzene rings is 2. The van der Waals surface area contributed by atoms with Crippen molar-refractivity contribution in [1.82, 2.24) is 5.32 Å². The van der Waals surface area contributed by atoms with Crippen LogP contribution in [0.3, 0.4) is 0 Å². The van der Waals surface area contributed by atoms with Crippen LogP contribution < -0.4 is 19.5 Å². The van der Waals surface area contributed by atoms with Crippen LogP contribution >= 0.6 is 0 Å². The zero-order valence-electron chi connectivity index (χ0n) is 14.8. The third-order valence-corrected chi connectivity index (χ3v) is 5.44. The Bertz CT molecular complexity index is 879. The van der Waals surface area contributed by atoms with Crippen molar-refractivity contribution in [2.45, 2.75) is 4.90 Å². The molecule has 0 unspecified atom stereocenters. The maximum Gasteiger partial charge on any atom is 0.255 e. The lowest BCUT2D eigenvalue weighted by atomic mass is 10.2. The normalized spacial score (nSPS) is 10.9. The highest BCUT2D eigenvalue weighted by Crippen LogP contribution is 2.29. The van der Waals surface area contributed by atoms with Crippen molar-refractivity contribution in [2.75, 3.05) is 33.6 Å². The smallest absolute Gasteiger partial charge is 0.255 e. The van der Waals surface area contributed by atoms with Gasteiger partial charge >= 0.3 is 0 Å². The van der Waals surface area contributed by atoms with Crippen molar-refractivity contribution in [3.63, 3.8) is 0 Å². The topological polar surface area (TPSA) is 90.9 Å². The molecule has 0 aliphatic rings. The van der Waals surface area contributed by atoms with Gasteiger partial charge in [0.15, 0.2) is 21.3 Å². The summed E-state index contributed by atoms with van der Waals surface area (Å²) in [5, 5.41) is 2.60. The summed E-state index contributed by atoms with van der Waals surface area (Å²) in [6, 6.07) is 11.1. The number of amides is 1. The van der Waals surface area contributed by atoms with Crippen LogP contribution in [0, 0.1) is 0 Å². The van der Waals surface area contributed by atoms with E-state index < -0.39 is 15.7 Å². The number of methoxy groups -OCH3 is 3. The van der Waals surface area contributed by atoms with Gasteiger partial charge in [-0.15, -0.1) is 0 Å². The van der Waals surface area contributed by atoms with Crippen molar-refractivity contribution >= 4 is 15.7 Å². The zero-order valence-corrected chi connectivity index (χ0v) is 15.6. The van der Waals surface area contributed by atoms with Crippen molar-refractivity contribution in [1.29, 1.82) is 0 Å². The monoisotopic (exact) mass is 379 g/mol. The molecule has 2 rings (SSSR count). The summed E-state index contributed by atoms with van der Waals surface area (Å²) >= 11 is 0. The number of rotatable bonds is 8. The summed E-state index contributed by atoms with van der Waals surface area (Å²) in [5.41, 5.74) is 0.346. The highest BCUT2D eigenvalue weighted by Gasteiger charge is 2.18. The summed E-state index contributed by atoms with van der Waals surface area (Å²) in [6.07, 6.45) is 0. The van der Waals surface area contributed by atoms with Crippen LogP contribution in [0.15, 0.2) is 47.4 Å². The number of sulfone groups is 1. The van der Waals surface area contributed by atoms with Crippen LogP contribution in [0.5, 0.6) is 17.2 Å². The highest BCUT2D eigenvalue weighted by molar-refractivity contribution is 7.91. The molecule has 140 valence electrons. The van der Waals surface area contributed by atoms with Gasteiger partial charge in [0.2, 0.25) is 0 Å². The van der Waals surface area contributed by atoms with Crippen LogP contribution in [-0.2, 0) is 9.84 Å². The zero-order chi connectivity index (χ0) is 19.2. The Kier molecular flexibility index (Phi) is 6.46. The predicted molar refractivity (Wildman–Crippen MR) is 96.9 cm³/mol. The molecule has 0 radical (unpaired) electrons. The molecule has 2 aromatic rings. The van der Waals surface area contributed by atoms with Gasteiger partial charge in [-0.3, -0.25) is 4.79 Å². The average Bonchev–Trinajstić information content (AvgIpc) is 2.66. The lowest BCUT2D eigenvalue weighted by Crippen LogP contribution is -2.29. The molecule has 0 heterocycles. The molecule has 7 nitrogen and oxygen atoms in total. The molecule has 1 N–H and O–H groups in total. The van der Waals surface area contributed by atoms with Crippen molar-refractivity contribution in [2.24, 2.45) is 0 Å². The summed E-state index contributed by atoms with van der Waals surface area (Å²) in [4.78, 5) is 12.3. The number of carbonyl (C=O) groups excluding carboxylic acids is 1. The lowest BCUT2D eigenvalue weighted by molar-refractivity contribution is 0.0953. The van der Waals surface area contributed by atoms with Gasteiger partial charge in [-0.25, -0.2) is 8.42 Å². The first-order valence-corrected chi connectivity index (χ1v) is 9.44. The van der Waals surface area contributed by atoms with Gasteiger partial charge in [0.05, 0.1) is 37.5 Å². The molecule has 0 saturated carbocycles. The summed E-state index contributed by atoms with van der Waals surface area (Å²) in [6.45, 7) is -0.0342. The van der Waals surface area contributed by atoms with Gasteiger partial charge in [-0.2, -0.15) is 0 Å². The SMILES string of the molecule is COc1ccc(S(=O)(=O)CCNC(=O)c2ccccc2OC)cc1OC. The first kappa shape index (κ1) is 19.6. The van der Waals surface area contributed by atoms with Gasteiger partial charge in [0.25, 0.3) is 5.91 Å². The van der Waals surface area contributed by atoms with E-state index >= 15 is 0 Å². The molecule has 0 fully saturated rings. The fraction of sp³-hybridized carbons (Fsp3) is 0.278. The number of nitrogens with one attached hydrogen (secondary N) is 1. The molecular weight excluding hydrogens is 358 g/mol. The second-order valence-corrected chi connectivity index (χ2v) is 7.40. The molecule has 0 spiro atoms. The molecule has 1 amide bonds. The molecule has 0 aromatic heterocycles. The van der Waals surface area contributed by atoms with Crippen molar-refractivity contribution in [3.8, 4) is 17.2 Å². The number of hydrogen-bond acceptors (Lipinski definition) is 6. The largest absolute Gasteiger partial charge is 0.496 e. The summed E-state index contributed by atoms with van der Waals surface area (Å²) in [5.74, 6) is 0.545. The molecule has 0 aliphatic heterocycles. The van der Waals surface area contributed by atoms with E-state index in [1.165, 1.54) is 39.5 Å². The highest BCUT2D eigenvalue weighted by atomic mass is 32.2. The summed E-state index contributed by atoms with van der Waals surface area (Å²) < 4.78 is 40.3. The number of carbonyl (C=O) groups is 1. The van der Waals surface area contributed by atoms with Crippen molar-refractivity contribution < 1.29 is 27.4 Å². The van der Waals surface area contributed by atoms with E-state index in [9.17, 15) is 13.2 Å². The van der Waals surface area contributed by atoms with Crippen LogP contribution in [0.4, 0.5) is 0 Å². The average molecular weight is 379 g/mol. The maximum absolute atomic E-state index is 12.5. The van der Waals surface area contributed by atoms with E-state index in [2.05, 4.69) is 5.32 Å². The van der Waals surface area contributed by atoms with E-state index in [0.717, 1.165) is 0 Å². The number of hydrogen-bond donors (Lipinski definition) is 1. The van der Waals surface area contributed by atoms with Gasteiger partial charge < -0.3 is 19.5 Å². The minimum Gasteiger partial charge on any atom is -0.496 e. The quantitative estimate of drug-likeness (QED) is 0.753. The number of ether oxygens (including phenoxy) is 3. The maximum atomic E-state index is 12.5. The molecule has 8 heteroatoms. The minimum absolute atomic E-state index is 0.0342. The van der Waals surface area contributed by atoms with Crippen LogP contribution in [0.25, 0.3) is 0 Å². The van der Waals surface area contributed by atoms with Crippen LogP contribution in [0.1, 0.15) is 10.4 Å². The lowest BCUT2D eigenvalue weighted by Gasteiger charge is -2.11. The first-order valence-electron chi connectivity index (χ1n) is 7.79. The molecule has 2 aromatic carbocycles. The second kappa shape index (κ2) is 8.57. The molecule has 0 atom stereocenters. The second-order valence-electron chi connectivity index (χ2n) is 5.29. The third kappa shape index (κ3) is 4.45. The van der Waals surface area contributed by atoms with Gasteiger partial charge in [-0.05, 0) is 24.3 Å². The Labute approximate surface area is 152 Å². The Morgan fingerprint density at radius 3 is 2.23 bits per heavy atom. The molecular formula is C18H21NO6S.